The number of amides is 1. The van der Waals surface area contributed by atoms with Crippen LogP contribution in [0.5, 0.6) is 5.75 Å². The largest absolute Gasteiger partial charge is 0.508 e. The fraction of sp³-hybridized carbons (Fsp3) is 0.200. The summed E-state index contributed by atoms with van der Waals surface area (Å²) in [5.74, 6) is -0.193. The van der Waals surface area contributed by atoms with Crippen molar-refractivity contribution < 1.29 is 14.3 Å². The average molecular weight is 273 g/mol. The number of hydrogen-bond donors (Lipinski definition) is 1. The van der Waals surface area contributed by atoms with Gasteiger partial charge in [0, 0.05) is 18.7 Å². The fourth-order valence-corrected chi connectivity index (χ4v) is 1.95. The molecule has 0 aliphatic heterocycles. The van der Waals surface area contributed by atoms with E-state index in [1.54, 1.807) is 12.1 Å². The van der Waals surface area contributed by atoms with Crippen LogP contribution in [-0.4, -0.2) is 17.6 Å². The van der Waals surface area contributed by atoms with Gasteiger partial charge in [0.1, 0.15) is 12.0 Å². The van der Waals surface area contributed by atoms with Crippen molar-refractivity contribution >= 4 is 11.6 Å². The van der Waals surface area contributed by atoms with Crippen LogP contribution >= 0.6 is 0 Å². The predicted octanol–water partition coefficient (Wildman–Crippen LogP) is 2.32. The molecule has 0 aliphatic rings. The Bertz CT molecular complexity index is 670. The van der Waals surface area contributed by atoms with Crippen LogP contribution in [0.15, 0.2) is 45.8 Å². The van der Waals surface area contributed by atoms with Gasteiger partial charge in [-0.2, -0.15) is 0 Å². The van der Waals surface area contributed by atoms with Gasteiger partial charge in [-0.05, 0) is 31.5 Å². The number of phenols is 1. The van der Waals surface area contributed by atoms with E-state index in [1.165, 1.54) is 23.1 Å². The van der Waals surface area contributed by atoms with Crippen LogP contribution in [0.1, 0.15) is 22.8 Å². The van der Waals surface area contributed by atoms with E-state index in [1.807, 2.05) is 13.8 Å². The molecule has 5 heteroatoms. The third kappa shape index (κ3) is 2.71. The second kappa shape index (κ2) is 5.61. The number of hydrogen-bond acceptors (Lipinski definition) is 4. The third-order valence-electron chi connectivity index (χ3n) is 2.99. The van der Waals surface area contributed by atoms with Crippen molar-refractivity contribution in [3.8, 4) is 5.75 Å². The molecule has 1 N–H and O–H groups in total. The molecule has 0 fully saturated rings. The van der Waals surface area contributed by atoms with Crippen molar-refractivity contribution in [1.82, 2.24) is 0 Å². The highest BCUT2D eigenvalue weighted by molar-refractivity contribution is 6.06. The Morgan fingerprint density at radius 2 is 2.05 bits per heavy atom. The molecule has 104 valence electrons. The molecule has 0 saturated carbocycles. The molecule has 1 aromatic heterocycles. The second-order valence-electron chi connectivity index (χ2n) is 4.36. The molecule has 0 unspecified atom stereocenters. The molecule has 1 amide bonds. The van der Waals surface area contributed by atoms with Crippen LogP contribution in [0, 0.1) is 6.92 Å². The number of benzene rings is 1. The van der Waals surface area contributed by atoms with Gasteiger partial charge in [-0.3, -0.25) is 4.79 Å². The normalized spacial score (nSPS) is 10.3. The molecular formula is C15H15NO4. The van der Waals surface area contributed by atoms with Gasteiger partial charge in [-0.15, -0.1) is 0 Å². The van der Waals surface area contributed by atoms with Crippen LogP contribution in [0.3, 0.4) is 0 Å². The predicted molar refractivity (Wildman–Crippen MR) is 75.2 cm³/mol. The van der Waals surface area contributed by atoms with Crippen LogP contribution < -0.4 is 10.5 Å². The molecule has 5 nitrogen and oxygen atoms in total. The van der Waals surface area contributed by atoms with Gasteiger partial charge < -0.3 is 14.4 Å². The Morgan fingerprint density at radius 3 is 2.65 bits per heavy atom. The summed E-state index contributed by atoms with van der Waals surface area (Å²) in [5.41, 5.74) is 1.28. The van der Waals surface area contributed by atoms with E-state index in [4.69, 9.17) is 4.42 Å². The van der Waals surface area contributed by atoms with Gasteiger partial charge >= 0.3 is 5.63 Å². The maximum Gasteiger partial charge on any atom is 0.335 e. The molecule has 20 heavy (non-hydrogen) atoms. The molecule has 0 aliphatic carbocycles. The monoisotopic (exact) mass is 273 g/mol. The lowest BCUT2D eigenvalue weighted by Gasteiger charge is -2.23. The molecule has 2 aromatic rings. The zero-order valence-electron chi connectivity index (χ0n) is 11.3. The number of anilines is 1. The minimum absolute atomic E-state index is 0.0939. The van der Waals surface area contributed by atoms with Gasteiger partial charge in [0.05, 0.1) is 11.3 Å². The van der Waals surface area contributed by atoms with Crippen molar-refractivity contribution in [3.05, 3.63) is 58.1 Å². The Hall–Kier alpha value is -2.56. The smallest absolute Gasteiger partial charge is 0.335 e. The molecule has 0 atom stereocenters. The zero-order chi connectivity index (χ0) is 14.7. The number of carbonyl (C=O) groups excluding carboxylic acids is 1. The Kier molecular flexibility index (Phi) is 3.89. The van der Waals surface area contributed by atoms with E-state index in [9.17, 15) is 14.7 Å². The SMILES string of the molecule is CCN(C(=O)c1ccc(=O)oc1)c1cc(O)ccc1C. The minimum atomic E-state index is -0.502. The summed E-state index contributed by atoms with van der Waals surface area (Å²) in [5, 5.41) is 9.57. The summed E-state index contributed by atoms with van der Waals surface area (Å²) in [6.45, 7) is 4.12. The summed E-state index contributed by atoms with van der Waals surface area (Å²) >= 11 is 0. The maximum absolute atomic E-state index is 12.4. The Labute approximate surface area is 116 Å². The topological polar surface area (TPSA) is 70.8 Å². The fourth-order valence-electron chi connectivity index (χ4n) is 1.95. The highest BCUT2D eigenvalue weighted by atomic mass is 16.4. The van der Waals surface area contributed by atoms with Crippen LogP contribution in [0.2, 0.25) is 0 Å². The molecule has 0 saturated heterocycles. The van der Waals surface area contributed by atoms with E-state index >= 15 is 0 Å². The zero-order valence-corrected chi connectivity index (χ0v) is 11.3. The number of aromatic hydroxyl groups is 1. The molecular weight excluding hydrogens is 258 g/mol. The quantitative estimate of drug-likeness (QED) is 0.931. The Morgan fingerprint density at radius 1 is 1.30 bits per heavy atom. The molecule has 0 spiro atoms. The summed E-state index contributed by atoms with van der Waals surface area (Å²) in [4.78, 5) is 24.9. The van der Waals surface area contributed by atoms with Crippen molar-refractivity contribution in [1.29, 1.82) is 0 Å². The van der Waals surface area contributed by atoms with Gasteiger partial charge in [-0.25, -0.2) is 4.79 Å². The number of nitrogens with zero attached hydrogens (tertiary/aromatic N) is 1. The second-order valence-corrected chi connectivity index (χ2v) is 4.36. The van der Waals surface area contributed by atoms with Crippen molar-refractivity contribution in [2.75, 3.05) is 11.4 Å². The number of phenolic OH excluding ortho intramolecular Hbond substituents is 1. The molecule has 2 rings (SSSR count). The van der Waals surface area contributed by atoms with E-state index < -0.39 is 5.63 Å². The van der Waals surface area contributed by atoms with Crippen LogP contribution in [-0.2, 0) is 0 Å². The van der Waals surface area contributed by atoms with Gasteiger partial charge in [0.25, 0.3) is 5.91 Å². The van der Waals surface area contributed by atoms with Crippen LogP contribution in [0.4, 0.5) is 5.69 Å². The highest BCUT2D eigenvalue weighted by Gasteiger charge is 2.18. The molecule has 1 heterocycles. The van der Waals surface area contributed by atoms with Crippen molar-refractivity contribution in [2.45, 2.75) is 13.8 Å². The number of aryl methyl sites for hydroxylation is 1. The average Bonchev–Trinajstić information content (AvgIpc) is 2.44. The maximum atomic E-state index is 12.4. The molecule has 0 bridgehead atoms. The third-order valence-corrected chi connectivity index (χ3v) is 2.99. The Balaban J connectivity index is 2.41. The summed E-state index contributed by atoms with van der Waals surface area (Å²) in [6.07, 6.45) is 1.14. The first-order valence-corrected chi connectivity index (χ1v) is 6.23. The first kappa shape index (κ1) is 13.9. The van der Waals surface area contributed by atoms with E-state index in [-0.39, 0.29) is 17.2 Å². The lowest BCUT2D eigenvalue weighted by Crippen LogP contribution is -2.31. The van der Waals surface area contributed by atoms with E-state index in [2.05, 4.69) is 0 Å². The molecule has 0 radical (unpaired) electrons. The first-order valence-electron chi connectivity index (χ1n) is 6.23. The molecule has 1 aromatic carbocycles. The first-order chi connectivity index (χ1) is 9.52. The van der Waals surface area contributed by atoms with Gasteiger partial charge in [0.2, 0.25) is 0 Å². The summed E-state index contributed by atoms with van der Waals surface area (Å²) < 4.78 is 4.71. The van der Waals surface area contributed by atoms with Gasteiger partial charge in [0.15, 0.2) is 0 Å². The number of carbonyl (C=O) groups is 1. The van der Waals surface area contributed by atoms with E-state index in [0.717, 1.165) is 11.8 Å². The summed E-state index contributed by atoms with van der Waals surface area (Å²) in [7, 11) is 0. The van der Waals surface area contributed by atoms with Crippen LogP contribution in [0.25, 0.3) is 0 Å². The minimum Gasteiger partial charge on any atom is -0.508 e. The summed E-state index contributed by atoms with van der Waals surface area (Å²) in [6, 6.07) is 7.48. The van der Waals surface area contributed by atoms with Gasteiger partial charge in [-0.1, -0.05) is 6.07 Å². The van der Waals surface area contributed by atoms with Crippen molar-refractivity contribution in [3.63, 3.8) is 0 Å². The van der Waals surface area contributed by atoms with E-state index in [0.29, 0.717) is 12.2 Å². The lowest BCUT2D eigenvalue weighted by molar-refractivity contribution is 0.0986. The lowest BCUT2D eigenvalue weighted by atomic mass is 10.1. The number of rotatable bonds is 3. The highest BCUT2D eigenvalue weighted by Crippen LogP contribution is 2.26. The van der Waals surface area contributed by atoms with Crippen molar-refractivity contribution in [2.24, 2.45) is 0 Å². The standard InChI is InChI=1S/C15H15NO4/c1-3-16(13-8-12(17)6-4-10(13)2)15(19)11-5-7-14(18)20-9-11/h4-9,17H,3H2,1-2H3.